The number of nitrogens with zero attached hydrogens (tertiary/aromatic N) is 3. The first kappa shape index (κ1) is 21.8. The van der Waals surface area contributed by atoms with Gasteiger partial charge in [-0.3, -0.25) is 19.4 Å². The molecule has 2 aliphatic heterocycles. The summed E-state index contributed by atoms with van der Waals surface area (Å²) in [6.45, 7) is 10.3. The maximum Gasteiger partial charge on any atom is 0.236 e. The van der Waals surface area contributed by atoms with Crippen LogP contribution in [0.4, 0.5) is 0 Å². The molecular formula is C23H36N4O2. The standard InChI is InChI=1S/C23H36N4O2/c1-3-21(20-9-7-19(2)8-10-20)24-22(28)17-25-13-15-26(16-14-25)18-23(29)27-11-5-4-6-12-27/h7-10,21H,3-6,11-18H2,1-2H3,(H,24,28). The second-order valence-electron chi connectivity index (χ2n) is 8.43. The molecule has 160 valence electrons. The Hall–Kier alpha value is -1.92. The number of rotatable bonds is 7. The molecule has 1 aromatic carbocycles. The van der Waals surface area contributed by atoms with Crippen molar-refractivity contribution in [1.29, 1.82) is 0 Å². The maximum absolute atomic E-state index is 12.6. The molecule has 1 N–H and O–H groups in total. The van der Waals surface area contributed by atoms with Gasteiger partial charge in [0, 0.05) is 39.3 Å². The Morgan fingerprint density at radius 1 is 0.897 bits per heavy atom. The average molecular weight is 401 g/mol. The predicted molar refractivity (Wildman–Crippen MR) is 116 cm³/mol. The van der Waals surface area contributed by atoms with Gasteiger partial charge in [0.25, 0.3) is 0 Å². The van der Waals surface area contributed by atoms with Crippen LogP contribution in [0.25, 0.3) is 0 Å². The minimum atomic E-state index is 0.0616. The molecule has 0 spiro atoms. The summed E-state index contributed by atoms with van der Waals surface area (Å²) in [5, 5.41) is 3.18. The summed E-state index contributed by atoms with van der Waals surface area (Å²) in [5.74, 6) is 0.343. The van der Waals surface area contributed by atoms with Gasteiger partial charge in [-0.25, -0.2) is 0 Å². The molecule has 0 bridgehead atoms. The number of carbonyl (C=O) groups excluding carboxylic acids is 2. The largest absolute Gasteiger partial charge is 0.348 e. The van der Waals surface area contributed by atoms with Crippen LogP contribution in [0.2, 0.25) is 0 Å². The van der Waals surface area contributed by atoms with E-state index in [0.29, 0.717) is 13.1 Å². The molecule has 1 unspecified atom stereocenters. The lowest BCUT2D eigenvalue weighted by Crippen LogP contribution is -2.52. The Bertz CT molecular complexity index is 662. The summed E-state index contributed by atoms with van der Waals surface area (Å²) in [6, 6.07) is 8.44. The van der Waals surface area contributed by atoms with E-state index < -0.39 is 0 Å². The highest BCUT2D eigenvalue weighted by atomic mass is 16.2. The van der Waals surface area contributed by atoms with E-state index >= 15 is 0 Å². The second kappa shape index (κ2) is 10.7. The van der Waals surface area contributed by atoms with Crippen LogP contribution in [0.5, 0.6) is 0 Å². The predicted octanol–water partition coefficient (Wildman–Crippen LogP) is 2.19. The van der Waals surface area contributed by atoms with E-state index in [0.717, 1.165) is 64.1 Å². The molecule has 0 aliphatic carbocycles. The number of likely N-dealkylation sites (tertiary alicyclic amines) is 1. The number of aryl methyl sites for hydroxylation is 1. The molecule has 2 heterocycles. The third-order valence-electron chi connectivity index (χ3n) is 6.12. The molecule has 2 amide bonds. The lowest BCUT2D eigenvalue weighted by Gasteiger charge is -2.36. The van der Waals surface area contributed by atoms with E-state index in [4.69, 9.17) is 0 Å². The Morgan fingerprint density at radius 2 is 1.48 bits per heavy atom. The molecule has 1 aromatic rings. The number of hydrogen-bond donors (Lipinski definition) is 1. The van der Waals surface area contributed by atoms with Gasteiger partial charge in [-0.05, 0) is 38.2 Å². The fraction of sp³-hybridized carbons (Fsp3) is 0.652. The highest BCUT2D eigenvalue weighted by Gasteiger charge is 2.24. The highest BCUT2D eigenvalue weighted by molar-refractivity contribution is 5.79. The lowest BCUT2D eigenvalue weighted by atomic mass is 10.0. The van der Waals surface area contributed by atoms with Crippen LogP contribution >= 0.6 is 0 Å². The SMILES string of the molecule is CCC(NC(=O)CN1CCN(CC(=O)N2CCCCC2)CC1)c1ccc(C)cc1. The number of hydrogen-bond acceptors (Lipinski definition) is 4. The van der Waals surface area contributed by atoms with E-state index in [-0.39, 0.29) is 17.9 Å². The second-order valence-corrected chi connectivity index (χ2v) is 8.43. The first-order valence-corrected chi connectivity index (χ1v) is 11.1. The molecular weight excluding hydrogens is 364 g/mol. The van der Waals surface area contributed by atoms with Gasteiger partial charge >= 0.3 is 0 Å². The minimum Gasteiger partial charge on any atom is -0.348 e. The molecule has 0 saturated carbocycles. The highest BCUT2D eigenvalue weighted by Crippen LogP contribution is 2.17. The zero-order chi connectivity index (χ0) is 20.6. The first-order valence-electron chi connectivity index (χ1n) is 11.1. The summed E-state index contributed by atoms with van der Waals surface area (Å²) in [7, 11) is 0. The molecule has 6 heteroatoms. The Labute approximate surface area is 175 Å². The monoisotopic (exact) mass is 400 g/mol. The van der Waals surface area contributed by atoms with Gasteiger partial charge in [0.1, 0.15) is 0 Å². The molecule has 29 heavy (non-hydrogen) atoms. The number of piperazine rings is 1. The van der Waals surface area contributed by atoms with Crippen molar-refractivity contribution in [1.82, 2.24) is 20.0 Å². The normalized spacial score (nSPS) is 19.7. The van der Waals surface area contributed by atoms with Crippen LogP contribution in [0.3, 0.4) is 0 Å². The van der Waals surface area contributed by atoms with Crippen molar-refractivity contribution in [3.63, 3.8) is 0 Å². The molecule has 0 radical (unpaired) electrons. The van der Waals surface area contributed by atoms with Gasteiger partial charge in [0.15, 0.2) is 0 Å². The topological polar surface area (TPSA) is 55.9 Å². The Kier molecular flexibility index (Phi) is 8.07. The third kappa shape index (κ3) is 6.54. The fourth-order valence-electron chi connectivity index (χ4n) is 4.20. The van der Waals surface area contributed by atoms with Gasteiger partial charge in [-0.1, -0.05) is 36.8 Å². The van der Waals surface area contributed by atoms with Crippen molar-refractivity contribution in [2.75, 3.05) is 52.4 Å². The fourth-order valence-corrected chi connectivity index (χ4v) is 4.20. The number of amides is 2. The van der Waals surface area contributed by atoms with Crippen molar-refractivity contribution >= 4 is 11.8 Å². The molecule has 3 rings (SSSR count). The minimum absolute atomic E-state index is 0.0616. The van der Waals surface area contributed by atoms with E-state index in [1.165, 1.54) is 12.0 Å². The Balaban J connectivity index is 1.39. The van der Waals surface area contributed by atoms with Crippen LogP contribution in [-0.4, -0.2) is 78.9 Å². The quantitative estimate of drug-likeness (QED) is 0.762. The third-order valence-corrected chi connectivity index (χ3v) is 6.12. The van der Waals surface area contributed by atoms with Gasteiger partial charge in [0.2, 0.25) is 11.8 Å². The molecule has 0 aromatic heterocycles. The lowest BCUT2D eigenvalue weighted by molar-refractivity contribution is -0.134. The van der Waals surface area contributed by atoms with Crippen LogP contribution in [-0.2, 0) is 9.59 Å². The number of carbonyl (C=O) groups is 2. The summed E-state index contributed by atoms with van der Waals surface area (Å²) in [4.78, 5) is 31.4. The van der Waals surface area contributed by atoms with E-state index in [2.05, 4.69) is 53.2 Å². The molecule has 2 saturated heterocycles. The van der Waals surface area contributed by atoms with Crippen LogP contribution in [0.15, 0.2) is 24.3 Å². The first-order chi connectivity index (χ1) is 14.0. The van der Waals surface area contributed by atoms with E-state index in [1.54, 1.807) is 0 Å². The van der Waals surface area contributed by atoms with Gasteiger partial charge in [-0.2, -0.15) is 0 Å². The van der Waals surface area contributed by atoms with Crippen molar-refractivity contribution < 1.29 is 9.59 Å². The molecule has 1 atom stereocenters. The zero-order valence-electron chi connectivity index (χ0n) is 18.0. The molecule has 6 nitrogen and oxygen atoms in total. The van der Waals surface area contributed by atoms with Gasteiger partial charge in [-0.15, -0.1) is 0 Å². The van der Waals surface area contributed by atoms with Crippen LogP contribution in [0.1, 0.15) is 49.8 Å². The summed E-state index contributed by atoms with van der Waals surface area (Å²) in [5.41, 5.74) is 2.39. The van der Waals surface area contributed by atoms with E-state index in [9.17, 15) is 9.59 Å². The van der Waals surface area contributed by atoms with Gasteiger partial charge in [0.05, 0.1) is 19.1 Å². The van der Waals surface area contributed by atoms with Crippen molar-refractivity contribution in [2.24, 2.45) is 0 Å². The smallest absolute Gasteiger partial charge is 0.236 e. The number of nitrogens with one attached hydrogen (secondary N) is 1. The summed E-state index contributed by atoms with van der Waals surface area (Å²) >= 11 is 0. The van der Waals surface area contributed by atoms with Crippen molar-refractivity contribution in [3.8, 4) is 0 Å². The zero-order valence-corrected chi connectivity index (χ0v) is 18.0. The average Bonchev–Trinajstić information content (AvgIpc) is 2.75. The van der Waals surface area contributed by atoms with Crippen molar-refractivity contribution in [3.05, 3.63) is 35.4 Å². The summed E-state index contributed by atoms with van der Waals surface area (Å²) < 4.78 is 0. The number of piperidine rings is 1. The van der Waals surface area contributed by atoms with Crippen LogP contribution < -0.4 is 5.32 Å². The Morgan fingerprint density at radius 3 is 2.07 bits per heavy atom. The molecule has 2 aliphatic rings. The van der Waals surface area contributed by atoms with Crippen molar-refractivity contribution in [2.45, 2.75) is 45.6 Å². The van der Waals surface area contributed by atoms with E-state index in [1.807, 2.05) is 4.90 Å². The van der Waals surface area contributed by atoms with Gasteiger partial charge < -0.3 is 10.2 Å². The summed E-state index contributed by atoms with van der Waals surface area (Å²) in [6.07, 6.45) is 4.39. The number of benzene rings is 1. The maximum atomic E-state index is 12.6. The van der Waals surface area contributed by atoms with Crippen LogP contribution in [0, 0.1) is 6.92 Å². The molecule has 2 fully saturated rings.